The molecule has 0 bridgehead atoms. The van der Waals surface area contributed by atoms with Gasteiger partial charge in [-0.1, -0.05) is 41.9 Å². The number of likely N-dealkylation sites (N-methyl/N-ethyl adjacent to an activating group) is 1. The molecular formula is C22H26ClN3S. The monoisotopic (exact) mass is 399 g/mol. The van der Waals surface area contributed by atoms with Crippen LogP contribution < -0.4 is 4.90 Å². The Morgan fingerprint density at radius 1 is 1.00 bits per heavy atom. The molecule has 2 aromatic rings. The summed E-state index contributed by atoms with van der Waals surface area (Å²) in [5.74, 6) is 1.05. The van der Waals surface area contributed by atoms with Crippen LogP contribution in [0.1, 0.15) is 11.1 Å². The molecule has 5 heteroatoms. The molecule has 0 radical (unpaired) electrons. The summed E-state index contributed by atoms with van der Waals surface area (Å²) < 4.78 is 0. The Morgan fingerprint density at radius 2 is 1.74 bits per heavy atom. The van der Waals surface area contributed by atoms with Gasteiger partial charge in [0.1, 0.15) is 0 Å². The van der Waals surface area contributed by atoms with Gasteiger partial charge in [0, 0.05) is 60.8 Å². The van der Waals surface area contributed by atoms with E-state index in [9.17, 15) is 0 Å². The van der Waals surface area contributed by atoms with Crippen LogP contribution in [0.3, 0.4) is 0 Å². The highest BCUT2D eigenvalue weighted by atomic mass is 35.5. The summed E-state index contributed by atoms with van der Waals surface area (Å²) in [5.41, 5.74) is 4.03. The topological polar surface area (TPSA) is 9.72 Å². The van der Waals surface area contributed by atoms with Gasteiger partial charge >= 0.3 is 0 Å². The van der Waals surface area contributed by atoms with Crippen LogP contribution in [0.5, 0.6) is 0 Å². The minimum Gasteiger partial charge on any atom is -0.368 e. The molecule has 0 saturated carbocycles. The van der Waals surface area contributed by atoms with Gasteiger partial charge in [-0.05, 0) is 42.4 Å². The van der Waals surface area contributed by atoms with Crippen LogP contribution in [0, 0.1) is 0 Å². The lowest BCUT2D eigenvalue weighted by atomic mass is 10.1. The number of anilines is 1. The molecule has 3 nitrogen and oxygen atoms in total. The highest BCUT2D eigenvalue weighted by molar-refractivity contribution is 8.03. The van der Waals surface area contributed by atoms with Gasteiger partial charge in [-0.3, -0.25) is 4.90 Å². The molecule has 0 aliphatic carbocycles. The van der Waals surface area contributed by atoms with Gasteiger partial charge in [-0.25, -0.2) is 0 Å². The number of benzene rings is 2. The van der Waals surface area contributed by atoms with Crippen molar-refractivity contribution in [1.82, 2.24) is 9.80 Å². The molecule has 4 rings (SSSR count). The van der Waals surface area contributed by atoms with Gasteiger partial charge in [0.05, 0.1) is 0 Å². The Hall–Kier alpha value is -1.46. The fourth-order valence-electron chi connectivity index (χ4n) is 3.64. The number of hydrogen-bond donors (Lipinski definition) is 0. The van der Waals surface area contributed by atoms with Gasteiger partial charge in [0.25, 0.3) is 0 Å². The second-order valence-corrected chi connectivity index (χ2v) is 8.85. The van der Waals surface area contributed by atoms with E-state index < -0.39 is 0 Å². The number of nitrogens with zero attached hydrogens (tertiary/aromatic N) is 3. The number of rotatable bonds is 4. The van der Waals surface area contributed by atoms with Gasteiger partial charge < -0.3 is 9.80 Å². The first-order valence-electron chi connectivity index (χ1n) is 9.50. The van der Waals surface area contributed by atoms with E-state index in [-0.39, 0.29) is 0 Å². The van der Waals surface area contributed by atoms with Crippen LogP contribution in [0.25, 0.3) is 6.08 Å². The molecule has 2 fully saturated rings. The van der Waals surface area contributed by atoms with Gasteiger partial charge in [0.15, 0.2) is 0 Å². The molecule has 0 amide bonds. The molecule has 0 unspecified atom stereocenters. The van der Waals surface area contributed by atoms with Crippen LogP contribution in [0.2, 0.25) is 5.02 Å². The average Bonchev–Trinajstić information content (AvgIpc) is 3.12. The lowest BCUT2D eigenvalue weighted by Gasteiger charge is -2.35. The highest BCUT2D eigenvalue weighted by Crippen LogP contribution is 2.32. The fraction of sp³-hybridized carbons (Fsp3) is 0.364. The second-order valence-electron chi connectivity index (χ2n) is 7.35. The number of thioether (sulfide) groups is 1. The van der Waals surface area contributed by atoms with E-state index >= 15 is 0 Å². The maximum absolute atomic E-state index is 6.00. The number of piperazine rings is 1. The van der Waals surface area contributed by atoms with Crippen LogP contribution in [-0.2, 0) is 6.54 Å². The van der Waals surface area contributed by atoms with Crippen LogP contribution in [0.4, 0.5) is 5.69 Å². The summed E-state index contributed by atoms with van der Waals surface area (Å²) in [6, 6.07) is 17.0. The molecular weight excluding hydrogens is 374 g/mol. The van der Waals surface area contributed by atoms with E-state index in [1.807, 2.05) is 23.9 Å². The predicted molar refractivity (Wildman–Crippen MR) is 118 cm³/mol. The molecule has 0 aromatic heterocycles. The summed E-state index contributed by atoms with van der Waals surface area (Å²) in [5, 5.41) is 0.802. The zero-order valence-electron chi connectivity index (χ0n) is 15.8. The zero-order chi connectivity index (χ0) is 18.6. The maximum atomic E-state index is 6.00. The van der Waals surface area contributed by atoms with E-state index in [1.165, 1.54) is 21.7 Å². The van der Waals surface area contributed by atoms with E-state index in [1.54, 1.807) is 0 Å². The highest BCUT2D eigenvalue weighted by Gasteiger charge is 2.20. The van der Waals surface area contributed by atoms with Crippen molar-refractivity contribution in [2.45, 2.75) is 6.54 Å². The second kappa shape index (κ2) is 8.70. The third-order valence-corrected chi connectivity index (χ3v) is 6.59. The molecule has 0 spiro atoms. The first-order valence-corrected chi connectivity index (χ1v) is 10.9. The van der Waals surface area contributed by atoms with Gasteiger partial charge in [0.2, 0.25) is 0 Å². The molecule has 2 heterocycles. The lowest BCUT2D eigenvalue weighted by Crippen LogP contribution is -2.44. The zero-order valence-corrected chi connectivity index (χ0v) is 17.3. The standard InChI is InChI=1S/C22H26ClN3S/c1-24-10-12-26(13-11-24)22-5-3-2-4-19(22)14-21-16-25(17-27-21)15-18-6-8-20(23)9-7-18/h2-9,14H,10-13,15-17H2,1H3. The van der Waals surface area contributed by atoms with E-state index in [4.69, 9.17) is 11.6 Å². The normalized spacial score (nSPS) is 20.5. The Kier molecular flexibility index (Phi) is 6.08. The molecule has 0 N–H and O–H groups in total. The molecule has 2 aromatic carbocycles. The molecule has 2 aliphatic rings. The van der Waals surface area contributed by atoms with Crippen molar-refractivity contribution in [2.75, 3.05) is 50.5 Å². The molecule has 142 valence electrons. The maximum Gasteiger partial charge on any atom is 0.0496 e. The number of halogens is 1. The molecule has 27 heavy (non-hydrogen) atoms. The van der Waals surface area contributed by atoms with E-state index in [0.717, 1.165) is 50.2 Å². The SMILES string of the molecule is CN1CCN(c2ccccc2C=C2CN(Cc3ccc(Cl)cc3)CS2)CC1. The van der Waals surface area contributed by atoms with Gasteiger partial charge in [-0.15, -0.1) is 11.8 Å². The summed E-state index contributed by atoms with van der Waals surface area (Å²) in [6.07, 6.45) is 2.39. The molecule has 2 saturated heterocycles. The van der Waals surface area contributed by atoms with Crippen molar-refractivity contribution in [3.8, 4) is 0 Å². The Balaban J connectivity index is 1.44. The van der Waals surface area contributed by atoms with E-state index in [2.05, 4.69) is 64.2 Å². The third kappa shape index (κ3) is 4.88. The fourth-order valence-corrected chi connectivity index (χ4v) is 4.78. The Morgan fingerprint density at radius 3 is 2.52 bits per heavy atom. The van der Waals surface area contributed by atoms with Crippen LogP contribution in [0.15, 0.2) is 53.4 Å². The minimum absolute atomic E-state index is 0.802. The Bertz CT molecular complexity index is 797. The largest absolute Gasteiger partial charge is 0.368 e. The smallest absolute Gasteiger partial charge is 0.0496 e. The van der Waals surface area contributed by atoms with Crippen LogP contribution >= 0.6 is 23.4 Å². The summed E-state index contributed by atoms with van der Waals surface area (Å²) >= 11 is 7.95. The quantitative estimate of drug-likeness (QED) is 0.740. The van der Waals surface area contributed by atoms with Gasteiger partial charge in [-0.2, -0.15) is 0 Å². The van der Waals surface area contributed by atoms with Crippen LogP contribution in [-0.4, -0.2) is 55.4 Å². The van der Waals surface area contributed by atoms with Crippen molar-refractivity contribution >= 4 is 35.1 Å². The van der Waals surface area contributed by atoms with Crippen molar-refractivity contribution in [1.29, 1.82) is 0 Å². The first-order chi connectivity index (χ1) is 13.2. The number of para-hydroxylation sites is 1. The van der Waals surface area contributed by atoms with E-state index in [0.29, 0.717) is 0 Å². The summed E-state index contributed by atoms with van der Waals surface area (Å²) in [7, 11) is 2.20. The average molecular weight is 400 g/mol. The summed E-state index contributed by atoms with van der Waals surface area (Å²) in [4.78, 5) is 8.86. The lowest BCUT2D eigenvalue weighted by molar-refractivity contribution is 0.313. The van der Waals surface area contributed by atoms with Crippen molar-refractivity contribution < 1.29 is 0 Å². The first kappa shape index (κ1) is 18.9. The van der Waals surface area contributed by atoms with Crippen molar-refractivity contribution in [2.24, 2.45) is 0 Å². The minimum atomic E-state index is 0.802. The number of hydrogen-bond acceptors (Lipinski definition) is 4. The van der Waals surface area contributed by atoms with Crippen molar-refractivity contribution in [3.63, 3.8) is 0 Å². The molecule has 0 atom stereocenters. The van der Waals surface area contributed by atoms with Crippen molar-refractivity contribution in [3.05, 3.63) is 69.6 Å². The Labute approximate surface area is 171 Å². The third-order valence-electron chi connectivity index (χ3n) is 5.23. The predicted octanol–water partition coefficient (Wildman–Crippen LogP) is 4.64. The molecule has 2 aliphatic heterocycles. The summed E-state index contributed by atoms with van der Waals surface area (Å²) in [6.45, 7) is 6.47.